The molecule has 0 radical (unpaired) electrons. The Labute approximate surface area is 262 Å². The highest BCUT2D eigenvalue weighted by atomic mass is 32.2. The number of nitrogens with one attached hydrogen (secondary N) is 2. The second-order valence-corrected chi connectivity index (χ2v) is 12.9. The van der Waals surface area contributed by atoms with Gasteiger partial charge in [-0.25, -0.2) is 13.2 Å². The minimum atomic E-state index is -3.78. The number of amides is 3. The number of ether oxygens (including phenoxy) is 1. The number of primary amides is 1. The van der Waals surface area contributed by atoms with Crippen molar-refractivity contribution in [3.8, 4) is 0 Å². The minimum Gasteiger partial charge on any atom is -0.449 e. The first kappa shape index (κ1) is 31.3. The van der Waals surface area contributed by atoms with Gasteiger partial charge >= 0.3 is 6.09 Å². The molecule has 11 heteroatoms. The average molecular weight is 627 g/mol. The molecule has 4 aromatic carbocycles. The van der Waals surface area contributed by atoms with Crippen LogP contribution in [0.4, 0.5) is 16.2 Å². The van der Waals surface area contributed by atoms with Crippen LogP contribution in [0.3, 0.4) is 0 Å². The van der Waals surface area contributed by atoms with Crippen LogP contribution in [0.2, 0.25) is 0 Å². The summed E-state index contributed by atoms with van der Waals surface area (Å²) in [5, 5.41) is 5.90. The molecule has 3 amide bonds. The molecule has 6 rings (SSSR count). The molecule has 0 saturated carbocycles. The van der Waals surface area contributed by atoms with E-state index in [1.165, 1.54) is 17.0 Å². The van der Waals surface area contributed by atoms with Crippen LogP contribution in [0.5, 0.6) is 0 Å². The number of benzene rings is 4. The zero-order chi connectivity index (χ0) is 32.0. The molecule has 0 aromatic heterocycles. The lowest BCUT2D eigenvalue weighted by Crippen LogP contribution is -2.35. The molecular formula is C34H34N4O6S. The van der Waals surface area contributed by atoms with Crippen LogP contribution in [0, 0.1) is 0 Å². The summed E-state index contributed by atoms with van der Waals surface area (Å²) in [7, 11) is -2.20. The van der Waals surface area contributed by atoms with Gasteiger partial charge in [-0.2, -0.15) is 0 Å². The van der Waals surface area contributed by atoms with Crippen LogP contribution >= 0.6 is 0 Å². The van der Waals surface area contributed by atoms with Crippen molar-refractivity contribution in [2.45, 2.75) is 30.3 Å². The number of likely N-dealkylation sites (N-methyl/N-ethyl adjacent to an activating group) is 1. The third kappa shape index (κ3) is 7.87. The molecule has 2 aliphatic rings. The maximum Gasteiger partial charge on any atom is 0.411 e. The molecule has 1 atom stereocenters. The van der Waals surface area contributed by atoms with Gasteiger partial charge in [0, 0.05) is 37.0 Å². The van der Waals surface area contributed by atoms with Gasteiger partial charge in [0.15, 0.2) is 9.84 Å². The predicted molar refractivity (Wildman–Crippen MR) is 172 cm³/mol. The monoisotopic (exact) mass is 626 g/mol. The maximum atomic E-state index is 14.1. The Bertz CT molecular complexity index is 1810. The van der Waals surface area contributed by atoms with E-state index in [9.17, 15) is 22.8 Å². The molecule has 0 aliphatic carbocycles. The van der Waals surface area contributed by atoms with E-state index in [4.69, 9.17) is 10.5 Å². The summed E-state index contributed by atoms with van der Waals surface area (Å²) in [6.07, 6.45) is 0.0939. The van der Waals surface area contributed by atoms with Crippen LogP contribution in [0.1, 0.15) is 38.7 Å². The molecule has 4 aromatic rings. The largest absolute Gasteiger partial charge is 0.449 e. The van der Waals surface area contributed by atoms with Gasteiger partial charge in [0.25, 0.3) is 0 Å². The van der Waals surface area contributed by atoms with E-state index in [1.54, 1.807) is 37.4 Å². The summed E-state index contributed by atoms with van der Waals surface area (Å²) in [6.45, 7) is 0.0497. The maximum absolute atomic E-state index is 14.1. The Kier molecular flexibility index (Phi) is 9.48. The van der Waals surface area contributed by atoms with E-state index < -0.39 is 27.9 Å². The summed E-state index contributed by atoms with van der Waals surface area (Å²) in [5.74, 6) is -1.08. The molecule has 4 N–H and O–H groups in total. The van der Waals surface area contributed by atoms with Crippen molar-refractivity contribution in [1.82, 2.24) is 4.90 Å². The number of nitrogens with zero attached hydrogens (tertiary/aromatic N) is 1. The van der Waals surface area contributed by atoms with Crippen molar-refractivity contribution in [2.75, 3.05) is 30.0 Å². The fraction of sp³-hybridized carbons (Fsp3) is 0.206. The van der Waals surface area contributed by atoms with Gasteiger partial charge in [0.05, 0.1) is 17.3 Å². The van der Waals surface area contributed by atoms with Gasteiger partial charge in [0.2, 0.25) is 11.8 Å². The highest BCUT2D eigenvalue weighted by Gasteiger charge is 2.27. The first-order valence-corrected chi connectivity index (χ1v) is 16.1. The fourth-order valence-electron chi connectivity index (χ4n) is 5.15. The van der Waals surface area contributed by atoms with Crippen LogP contribution < -0.4 is 16.4 Å². The zero-order valence-corrected chi connectivity index (χ0v) is 25.5. The second-order valence-electron chi connectivity index (χ2n) is 10.8. The van der Waals surface area contributed by atoms with E-state index in [0.29, 0.717) is 35.3 Å². The topological polar surface area (TPSA) is 148 Å². The van der Waals surface area contributed by atoms with Crippen LogP contribution in [-0.4, -0.2) is 50.6 Å². The number of sulfone groups is 1. The lowest BCUT2D eigenvalue weighted by Gasteiger charge is -2.27. The summed E-state index contributed by atoms with van der Waals surface area (Å²) in [5.41, 5.74) is 9.40. The molecule has 45 heavy (non-hydrogen) atoms. The van der Waals surface area contributed by atoms with Crippen molar-refractivity contribution in [3.63, 3.8) is 0 Å². The van der Waals surface area contributed by atoms with Crippen molar-refractivity contribution in [1.29, 1.82) is 0 Å². The molecule has 2 heterocycles. The Morgan fingerprint density at radius 1 is 0.978 bits per heavy atom. The number of aryl methyl sites for hydroxylation is 1. The Balaban J connectivity index is 1.51. The summed E-state index contributed by atoms with van der Waals surface area (Å²) in [4.78, 5) is 39.9. The Morgan fingerprint density at radius 2 is 1.73 bits per heavy atom. The Hall–Kier alpha value is -5.16. The number of rotatable bonds is 7. The predicted octanol–water partition coefficient (Wildman–Crippen LogP) is 4.72. The first-order chi connectivity index (χ1) is 21.6. The normalized spacial score (nSPS) is 15.7. The number of hydrogen-bond donors (Lipinski definition) is 3. The summed E-state index contributed by atoms with van der Waals surface area (Å²) < 4.78 is 32.6. The molecule has 232 valence electrons. The molecule has 4 bridgehead atoms. The molecule has 0 unspecified atom stereocenters. The van der Waals surface area contributed by atoms with Gasteiger partial charge in [-0.15, -0.1) is 0 Å². The zero-order valence-electron chi connectivity index (χ0n) is 24.7. The average Bonchev–Trinajstić information content (AvgIpc) is 3.03. The van der Waals surface area contributed by atoms with Crippen LogP contribution in [-0.2, 0) is 38.8 Å². The van der Waals surface area contributed by atoms with Crippen LogP contribution in [0.15, 0.2) is 102 Å². The molecular weight excluding hydrogens is 592 g/mol. The lowest BCUT2D eigenvalue weighted by molar-refractivity contribution is -0.131. The molecule has 10 nitrogen and oxygen atoms in total. The van der Waals surface area contributed by atoms with E-state index in [-0.39, 0.29) is 35.3 Å². The highest BCUT2D eigenvalue weighted by molar-refractivity contribution is 7.91. The van der Waals surface area contributed by atoms with E-state index in [2.05, 4.69) is 10.6 Å². The van der Waals surface area contributed by atoms with Crippen molar-refractivity contribution < 1.29 is 27.5 Å². The standard InChI is InChI=1S/C34H34N4O6S/c1-38-22-27-21-29(14-15-30(27)45(42,43)19-17-23-6-3-2-4-7-23)37-34(41)44-18-16-24-10-12-25(13-11-24)31(33(38)40)36-28-9-5-8-26(20-28)32(35)39/h2-15,20-21,31,36H,16-19,22H2,1H3,(H2,35,39)(H,37,41)/t31-/m1/s1. The second kappa shape index (κ2) is 13.6. The number of anilines is 2. The number of hydrogen-bond acceptors (Lipinski definition) is 7. The number of nitrogens with two attached hydrogens (primary N) is 1. The fourth-order valence-corrected chi connectivity index (χ4v) is 6.68. The summed E-state index contributed by atoms with van der Waals surface area (Å²) >= 11 is 0. The summed E-state index contributed by atoms with van der Waals surface area (Å²) in [6, 6.07) is 26.8. The molecule has 2 aliphatic heterocycles. The van der Waals surface area contributed by atoms with Gasteiger partial charge in [-0.1, -0.05) is 60.7 Å². The number of carbonyl (C=O) groups excluding carboxylic acids is 3. The Morgan fingerprint density at radius 3 is 2.47 bits per heavy atom. The smallest absolute Gasteiger partial charge is 0.411 e. The molecule has 0 saturated heterocycles. The number of fused-ring (bicyclic) bond motifs is 9. The molecule has 0 spiro atoms. The lowest BCUT2D eigenvalue weighted by atomic mass is 10.0. The minimum absolute atomic E-state index is 0.0686. The van der Waals surface area contributed by atoms with Gasteiger partial charge in [-0.3, -0.25) is 14.9 Å². The van der Waals surface area contributed by atoms with Crippen molar-refractivity contribution in [3.05, 3.63) is 125 Å². The third-order valence-corrected chi connectivity index (χ3v) is 9.38. The van der Waals surface area contributed by atoms with E-state index in [0.717, 1.165) is 11.1 Å². The van der Waals surface area contributed by atoms with Gasteiger partial charge in [-0.05, 0) is 65.1 Å². The van der Waals surface area contributed by atoms with Crippen molar-refractivity contribution in [2.24, 2.45) is 5.73 Å². The number of carbonyl (C=O) groups is 3. The highest BCUT2D eigenvalue weighted by Crippen LogP contribution is 2.28. The third-order valence-electron chi connectivity index (χ3n) is 7.57. The van der Waals surface area contributed by atoms with Gasteiger partial charge in [0.1, 0.15) is 6.04 Å². The molecule has 0 fully saturated rings. The van der Waals surface area contributed by atoms with Gasteiger partial charge < -0.3 is 20.7 Å². The van der Waals surface area contributed by atoms with Crippen LogP contribution in [0.25, 0.3) is 0 Å². The van der Waals surface area contributed by atoms with Crippen molar-refractivity contribution >= 4 is 39.1 Å². The van der Waals surface area contributed by atoms with E-state index >= 15 is 0 Å². The first-order valence-electron chi connectivity index (χ1n) is 14.4. The quantitative estimate of drug-likeness (QED) is 0.269. The van der Waals surface area contributed by atoms with E-state index in [1.807, 2.05) is 54.6 Å². The SMILES string of the molecule is CN1Cc2cc(ccc2S(=O)(=O)CCc2ccccc2)NC(=O)OCCc2ccc(cc2)[C@@H](Nc2cccc(C(N)=O)c2)C1=O.